The van der Waals surface area contributed by atoms with E-state index in [1.54, 1.807) is 6.20 Å². The molecule has 156 valence electrons. The summed E-state index contributed by atoms with van der Waals surface area (Å²) in [5.41, 5.74) is 3.49. The van der Waals surface area contributed by atoms with Gasteiger partial charge in [-0.25, -0.2) is 4.79 Å². The van der Waals surface area contributed by atoms with E-state index in [1.165, 1.54) is 12.8 Å². The maximum absolute atomic E-state index is 12.5. The van der Waals surface area contributed by atoms with Gasteiger partial charge < -0.3 is 20.1 Å². The molecule has 2 N–H and O–H groups in total. The average molecular weight is 399 g/mol. The predicted molar refractivity (Wildman–Crippen MR) is 113 cm³/mol. The number of carbonyl (C=O) groups is 1. The van der Waals surface area contributed by atoms with Crippen LogP contribution in [0.3, 0.4) is 0 Å². The van der Waals surface area contributed by atoms with Crippen molar-refractivity contribution < 1.29 is 14.3 Å². The Kier molecular flexibility index (Phi) is 6.04. The first-order valence-corrected chi connectivity index (χ1v) is 10.6. The monoisotopic (exact) mass is 398 g/mol. The molecule has 29 heavy (non-hydrogen) atoms. The molecule has 0 spiro atoms. The van der Waals surface area contributed by atoms with Gasteiger partial charge >= 0.3 is 6.03 Å². The zero-order chi connectivity index (χ0) is 20.2. The Bertz CT molecular complexity index is 852. The number of ether oxygens (including phenoxy) is 2. The molecular formula is C22H30N4O3. The first kappa shape index (κ1) is 19.8. The standard InChI is InChI=1S/C22H30N4O3/c1-15-13-17(7-8-21(15)29-19-9-11-28-12-10-19)24-22(27)25-20-14-23-26(16(20)2)18-5-3-4-6-18/h7-8,13-14,18-19H,3-6,9-12H2,1-2H3,(H2,24,25,27). The molecule has 1 aromatic carbocycles. The number of carbonyl (C=O) groups excluding carboxylic acids is 1. The van der Waals surface area contributed by atoms with E-state index in [1.807, 2.05) is 32.0 Å². The van der Waals surface area contributed by atoms with E-state index in [9.17, 15) is 4.79 Å². The predicted octanol–water partition coefficient (Wildman–Crippen LogP) is 4.82. The molecule has 0 atom stereocenters. The smallest absolute Gasteiger partial charge is 0.323 e. The van der Waals surface area contributed by atoms with Crippen molar-refractivity contribution in [1.82, 2.24) is 9.78 Å². The van der Waals surface area contributed by atoms with Gasteiger partial charge in [-0.1, -0.05) is 12.8 Å². The maximum atomic E-state index is 12.5. The molecular weight excluding hydrogens is 368 g/mol. The van der Waals surface area contributed by atoms with Crippen LogP contribution in [0.4, 0.5) is 16.2 Å². The highest BCUT2D eigenvalue weighted by Gasteiger charge is 2.21. The zero-order valence-electron chi connectivity index (χ0n) is 17.2. The van der Waals surface area contributed by atoms with Crippen molar-refractivity contribution in [3.05, 3.63) is 35.7 Å². The Morgan fingerprint density at radius 3 is 2.62 bits per heavy atom. The Hall–Kier alpha value is -2.54. The number of anilines is 2. The first-order chi connectivity index (χ1) is 14.1. The summed E-state index contributed by atoms with van der Waals surface area (Å²) in [6.45, 7) is 5.50. The van der Waals surface area contributed by atoms with Crippen LogP contribution in [0.2, 0.25) is 0 Å². The summed E-state index contributed by atoms with van der Waals surface area (Å²) in [6, 6.07) is 5.92. The van der Waals surface area contributed by atoms with Crippen LogP contribution in [0.25, 0.3) is 0 Å². The molecule has 7 nitrogen and oxygen atoms in total. The van der Waals surface area contributed by atoms with Crippen LogP contribution in [0, 0.1) is 13.8 Å². The fraction of sp³-hybridized carbons (Fsp3) is 0.545. The average Bonchev–Trinajstić information content (AvgIpc) is 3.35. The number of amides is 2. The fourth-order valence-electron chi connectivity index (χ4n) is 4.18. The highest BCUT2D eigenvalue weighted by atomic mass is 16.5. The van der Waals surface area contributed by atoms with Crippen LogP contribution in [-0.2, 0) is 4.74 Å². The Labute approximate surface area is 171 Å². The normalized spacial score (nSPS) is 18.0. The number of urea groups is 1. The quantitative estimate of drug-likeness (QED) is 0.757. The lowest BCUT2D eigenvalue weighted by Crippen LogP contribution is -2.26. The summed E-state index contributed by atoms with van der Waals surface area (Å²) in [5.74, 6) is 0.858. The van der Waals surface area contributed by atoms with E-state index >= 15 is 0 Å². The second-order valence-corrected chi connectivity index (χ2v) is 8.02. The van der Waals surface area contributed by atoms with Crippen molar-refractivity contribution in [2.75, 3.05) is 23.8 Å². The van der Waals surface area contributed by atoms with Gasteiger partial charge in [-0.3, -0.25) is 4.68 Å². The van der Waals surface area contributed by atoms with E-state index in [2.05, 4.69) is 20.4 Å². The minimum Gasteiger partial charge on any atom is -0.490 e. The van der Waals surface area contributed by atoms with Gasteiger partial charge in [0, 0.05) is 18.5 Å². The van der Waals surface area contributed by atoms with Crippen molar-refractivity contribution in [3.63, 3.8) is 0 Å². The molecule has 1 aromatic heterocycles. The zero-order valence-corrected chi connectivity index (χ0v) is 17.2. The van der Waals surface area contributed by atoms with E-state index in [0.717, 1.165) is 67.3 Å². The molecule has 2 aliphatic rings. The van der Waals surface area contributed by atoms with Crippen molar-refractivity contribution in [2.24, 2.45) is 0 Å². The van der Waals surface area contributed by atoms with E-state index in [4.69, 9.17) is 9.47 Å². The van der Waals surface area contributed by atoms with Gasteiger partial charge in [-0.15, -0.1) is 0 Å². The van der Waals surface area contributed by atoms with Crippen LogP contribution in [0.5, 0.6) is 5.75 Å². The first-order valence-electron chi connectivity index (χ1n) is 10.6. The van der Waals surface area contributed by atoms with Gasteiger partial charge in [-0.05, 0) is 50.5 Å². The number of aryl methyl sites for hydroxylation is 1. The Morgan fingerprint density at radius 2 is 1.90 bits per heavy atom. The summed E-state index contributed by atoms with van der Waals surface area (Å²) in [5, 5.41) is 10.3. The number of benzene rings is 1. The molecule has 2 aromatic rings. The molecule has 0 unspecified atom stereocenters. The van der Waals surface area contributed by atoms with Gasteiger partial charge in [0.25, 0.3) is 0 Å². The molecule has 1 saturated carbocycles. The summed E-state index contributed by atoms with van der Waals surface area (Å²) in [4.78, 5) is 12.5. The highest BCUT2D eigenvalue weighted by molar-refractivity contribution is 6.00. The molecule has 2 amide bonds. The second kappa shape index (κ2) is 8.86. The summed E-state index contributed by atoms with van der Waals surface area (Å²) in [6.07, 6.45) is 8.59. The van der Waals surface area contributed by atoms with Crippen molar-refractivity contribution in [3.8, 4) is 5.75 Å². The molecule has 0 radical (unpaired) electrons. The number of nitrogens with zero attached hydrogens (tertiary/aromatic N) is 2. The Balaban J connectivity index is 1.35. The van der Waals surface area contributed by atoms with Crippen molar-refractivity contribution in [1.29, 1.82) is 0 Å². The molecule has 2 heterocycles. The van der Waals surface area contributed by atoms with Crippen LogP contribution in [0.1, 0.15) is 55.8 Å². The SMILES string of the molecule is Cc1cc(NC(=O)Nc2cnn(C3CCCC3)c2C)ccc1OC1CCOCC1. The minimum absolute atomic E-state index is 0.198. The third-order valence-corrected chi connectivity index (χ3v) is 5.86. The third kappa shape index (κ3) is 4.72. The minimum atomic E-state index is -0.267. The van der Waals surface area contributed by atoms with Crippen LogP contribution < -0.4 is 15.4 Å². The molecule has 1 saturated heterocycles. The van der Waals surface area contributed by atoms with Crippen molar-refractivity contribution >= 4 is 17.4 Å². The molecule has 1 aliphatic carbocycles. The molecule has 1 aliphatic heterocycles. The molecule has 0 bridgehead atoms. The van der Waals surface area contributed by atoms with Crippen molar-refractivity contribution in [2.45, 2.75) is 64.5 Å². The number of rotatable bonds is 5. The molecule has 2 fully saturated rings. The van der Waals surface area contributed by atoms with E-state index in [0.29, 0.717) is 6.04 Å². The third-order valence-electron chi connectivity index (χ3n) is 5.86. The number of hydrogen-bond acceptors (Lipinski definition) is 4. The van der Waals surface area contributed by atoms with Crippen LogP contribution in [-0.4, -0.2) is 35.1 Å². The van der Waals surface area contributed by atoms with Gasteiger partial charge in [-0.2, -0.15) is 5.10 Å². The molecule has 4 rings (SSSR count). The second-order valence-electron chi connectivity index (χ2n) is 8.02. The lowest BCUT2D eigenvalue weighted by molar-refractivity contribution is 0.0253. The van der Waals surface area contributed by atoms with Gasteiger partial charge in [0.2, 0.25) is 0 Å². The topological polar surface area (TPSA) is 77.4 Å². The number of hydrogen-bond donors (Lipinski definition) is 2. The summed E-state index contributed by atoms with van der Waals surface area (Å²) >= 11 is 0. The number of nitrogens with one attached hydrogen (secondary N) is 2. The summed E-state index contributed by atoms with van der Waals surface area (Å²) in [7, 11) is 0. The van der Waals surface area contributed by atoms with E-state index < -0.39 is 0 Å². The van der Waals surface area contributed by atoms with Gasteiger partial charge in [0.15, 0.2) is 0 Å². The van der Waals surface area contributed by atoms with Gasteiger partial charge in [0.05, 0.1) is 36.8 Å². The number of aromatic nitrogens is 2. The lowest BCUT2D eigenvalue weighted by atomic mass is 10.1. The van der Waals surface area contributed by atoms with Crippen LogP contribution >= 0.6 is 0 Å². The fourth-order valence-corrected chi connectivity index (χ4v) is 4.18. The van der Waals surface area contributed by atoms with Crippen LogP contribution in [0.15, 0.2) is 24.4 Å². The lowest BCUT2D eigenvalue weighted by Gasteiger charge is -2.24. The summed E-state index contributed by atoms with van der Waals surface area (Å²) < 4.78 is 13.5. The highest BCUT2D eigenvalue weighted by Crippen LogP contribution is 2.31. The largest absolute Gasteiger partial charge is 0.490 e. The molecule has 7 heteroatoms. The Morgan fingerprint density at radius 1 is 1.14 bits per heavy atom. The van der Waals surface area contributed by atoms with E-state index in [-0.39, 0.29) is 12.1 Å². The maximum Gasteiger partial charge on any atom is 0.323 e. The van der Waals surface area contributed by atoms with Gasteiger partial charge in [0.1, 0.15) is 11.9 Å².